The van der Waals surface area contributed by atoms with E-state index in [9.17, 15) is 22.8 Å². The summed E-state index contributed by atoms with van der Waals surface area (Å²) in [4.78, 5) is 25.1. The molecule has 0 aliphatic carbocycles. The first-order chi connectivity index (χ1) is 12.3. The lowest BCUT2D eigenvalue weighted by Gasteiger charge is -2.12. The summed E-state index contributed by atoms with van der Waals surface area (Å²) in [5.41, 5.74) is -0.798. The van der Waals surface area contributed by atoms with Gasteiger partial charge in [0.2, 0.25) is 5.43 Å². The molecule has 1 aromatic heterocycles. The summed E-state index contributed by atoms with van der Waals surface area (Å²) in [6.45, 7) is 2.40. The number of carbonyl (C=O) groups excluding carboxylic acids is 1. The summed E-state index contributed by atoms with van der Waals surface area (Å²) in [5.74, 6) is -0.748. The van der Waals surface area contributed by atoms with Crippen LogP contribution < -0.4 is 10.7 Å². The Labute approximate surface area is 146 Å². The molecule has 0 atom stereocenters. The van der Waals surface area contributed by atoms with Gasteiger partial charge in [0.1, 0.15) is 5.56 Å². The third-order valence-corrected chi connectivity index (χ3v) is 4.02. The van der Waals surface area contributed by atoms with Crippen molar-refractivity contribution >= 4 is 22.5 Å². The quantitative estimate of drug-likeness (QED) is 0.757. The van der Waals surface area contributed by atoms with E-state index >= 15 is 0 Å². The lowest BCUT2D eigenvalue weighted by molar-refractivity contribution is -0.137. The van der Waals surface area contributed by atoms with Gasteiger partial charge in [-0.25, -0.2) is 0 Å². The van der Waals surface area contributed by atoms with Crippen LogP contribution in [0.2, 0.25) is 0 Å². The number of anilines is 1. The summed E-state index contributed by atoms with van der Waals surface area (Å²) in [7, 11) is 0. The van der Waals surface area contributed by atoms with Gasteiger partial charge in [-0.05, 0) is 37.3 Å². The molecule has 4 nitrogen and oxygen atoms in total. The van der Waals surface area contributed by atoms with Crippen molar-refractivity contribution in [2.75, 3.05) is 5.32 Å². The molecule has 26 heavy (non-hydrogen) atoms. The fourth-order valence-electron chi connectivity index (χ4n) is 2.74. The van der Waals surface area contributed by atoms with E-state index in [1.807, 2.05) is 6.92 Å². The van der Waals surface area contributed by atoms with Gasteiger partial charge >= 0.3 is 6.18 Å². The fourth-order valence-corrected chi connectivity index (χ4v) is 2.74. The van der Waals surface area contributed by atoms with Crippen molar-refractivity contribution in [3.63, 3.8) is 0 Å². The number of nitrogens with one attached hydrogen (secondary N) is 1. The molecule has 3 aromatic rings. The summed E-state index contributed by atoms with van der Waals surface area (Å²) < 4.78 is 40.1. The molecule has 1 heterocycles. The zero-order chi connectivity index (χ0) is 18.9. The second kappa shape index (κ2) is 6.67. The molecule has 2 aromatic carbocycles. The molecule has 0 aliphatic rings. The van der Waals surface area contributed by atoms with Gasteiger partial charge in [-0.2, -0.15) is 13.2 Å². The number of halogens is 3. The fraction of sp³-hybridized carbons (Fsp3) is 0.158. The van der Waals surface area contributed by atoms with Gasteiger partial charge in [-0.1, -0.05) is 18.2 Å². The van der Waals surface area contributed by atoms with Crippen LogP contribution >= 0.6 is 0 Å². The zero-order valence-electron chi connectivity index (χ0n) is 13.8. The third-order valence-electron chi connectivity index (χ3n) is 4.02. The van der Waals surface area contributed by atoms with E-state index in [0.29, 0.717) is 17.4 Å². The molecule has 7 heteroatoms. The molecule has 3 rings (SSSR count). The average Bonchev–Trinajstić information content (AvgIpc) is 2.62. The number of rotatable bonds is 3. The molecule has 0 spiro atoms. The molecule has 0 radical (unpaired) electrons. The highest BCUT2D eigenvalue weighted by Crippen LogP contribution is 2.30. The molecule has 134 valence electrons. The maximum atomic E-state index is 12.8. The number of aromatic nitrogens is 1. The monoisotopic (exact) mass is 360 g/mol. The summed E-state index contributed by atoms with van der Waals surface area (Å²) in [6, 6.07) is 11.1. The Balaban J connectivity index is 2.01. The Morgan fingerprint density at radius 2 is 1.85 bits per heavy atom. The first-order valence-electron chi connectivity index (χ1n) is 7.92. The number of nitrogens with zero attached hydrogens (tertiary/aromatic N) is 1. The number of hydrogen-bond acceptors (Lipinski definition) is 2. The molecular weight excluding hydrogens is 345 g/mol. The van der Waals surface area contributed by atoms with E-state index in [4.69, 9.17) is 0 Å². The van der Waals surface area contributed by atoms with E-state index in [2.05, 4.69) is 5.32 Å². The Kier molecular flexibility index (Phi) is 4.54. The van der Waals surface area contributed by atoms with Gasteiger partial charge in [0, 0.05) is 23.8 Å². The van der Waals surface area contributed by atoms with Crippen LogP contribution in [0, 0.1) is 0 Å². The maximum Gasteiger partial charge on any atom is 0.416 e. The minimum Gasteiger partial charge on any atom is -0.347 e. The highest BCUT2D eigenvalue weighted by Gasteiger charge is 2.30. The molecule has 0 fully saturated rings. The molecular formula is C19H15F3N2O2. The highest BCUT2D eigenvalue weighted by atomic mass is 19.4. The smallest absolute Gasteiger partial charge is 0.347 e. The lowest BCUT2D eigenvalue weighted by atomic mass is 10.1. The van der Waals surface area contributed by atoms with Gasteiger partial charge < -0.3 is 9.88 Å². The van der Waals surface area contributed by atoms with Crippen molar-refractivity contribution in [1.82, 2.24) is 4.57 Å². The normalized spacial score (nSPS) is 11.5. The number of aryl methyl sites for hydroxylation is 1. The van der Waals surface area contributed by atoms with Gasteiger partial charge in [0.15, 0.2) is 0 Å². The average molecular weight is 360 g/mol. The minimum atomic E-state index is -4.52. The van der Waals surface area contributed by atoms with Crippen LogP contribution in [-0.2, 0) is 12.7 Å². The van der Waals surface area contributed by atoms with E-state index in [1.54, 1.807) is 28.8 Å². The topological polar surface area (TPSA) is 51.1 Å². The molecule has 1 amide bonds. The van der Waals surface area contributed by atoms with Gasteiger partial charge in [0.25, 0.3) is 5.91 Å². The molecule has 0 bridgehead atoms. The van der Waals surface area contributed by atoms with Crippen molar-refractivity contribution in [3.8, 4) is 0 Å². The van der Waals surface area contributed by atoms with E-state index in [1.165, 1.54) is 18.3 Å². The van der Waals surface area contributed by atoms with E-state index < -0.39 is 23.1 Å². The van der Waals surface area contributed by atoms with Crippen molar-refractivity contribution in [2.45, 2.75) is 19.6 Å². The molecule has 0 saturated carbocycles. The number of amides is 1. The van der Waals surface area contributed by atoms with Crippen molar-refractivity contribution in [3.05, 3.63) is 76.1 Å². The number of hydrogen-bond donors (Lipinski definition) is 1. The summed E-state index contributed by atoms with van der Waals surface area (Å²) >= 11 is 0. The first kappa shape index (κ1) is 17.7. The van der Waals surface area contributed by atoms with Crippen LogP contribution in [0.15, 0.2) is 59.5 Å². The highest BCUT2D eigenvalue weighted by molar-refractivity contribution is 6.05. The zero-order valence-corrected chi connectivity index (χ0v) is 13.8. The van der Waals surface area contributed by atoms with Crippen molar-refractivity contribution in [1.29, 1.82) is 0 Å². The number of pyridine rings is 1. The standard InChI is InChI=1S/C19H15F3N2O2/c1-2-24-11-15(17(25)14-8-3-4-9-16(14)24)18(26)23-13-7-5-6-12(10-13)19(20,21)22/h3-11H,2H2,1H3,(H,23,26). The number of alkyl halides is 3. The largest absolute Gasteiger partial charge is 0.416 e. The maximum absolute atomic E-state index is 12.8. The molecule has 0 unspecified atom stereocenters. The summed E-state index contributed by atoms with van der Waals surface area (Å²) in [6.07, 6.45) is -3.09. The van der Waals surface area contributed by atoms with Crippen LogP contribution in [0.5, 0.6) is 0 Å². The van der Waals surface area contributed by atoms with Crippen LogP contribution in [0.1, 0.15) is 22.8 Å². The Morgan fingerprint density at radius 3 is 2.54 bits per heavy atom. The number of para-hydroxylation sites is 1. The van der Waals surface area contributed by atoms with Crippen LogP contribution in [-0.4, -0.2) is 10.5 Å². The van der Waals surface area contributed by atoms with Crippen molar-refractivity contribution in [2.24, 2.45) is 0 Å². The van der Waals surface area contributed by atoms with E-state index in [0.717, 1.165) is 12.1 Å². The van der Waals surface area contributed by atoms with Gasteiger partial charge in [0.05, 0.1) is 11.1 Å². The Hall–Kier alpha value is -3.09. The van der Waals surface area contributed by atoms with Crippen LogP contribution in [0.25, 0.3) is 10.9 Å². The number of fused-ring (bicyclic) bond motifs is 1. The number of benzene rings is 2. The van der Waals surface area contributed by atoms with Gasteiger partial charge in [-0.3, -0.25) is 9.59 Å². The predicted octanol–water partition coefficient (Wildman–Crippen LogP) is 4.29. The lowest BCUT2D eigenvalue weighted by Crippen LogP contribution is -2.24. The molecule has 1 N–H and O–H groups in total. The minimum absolute atomic E-state index is 0.0274. The predicted molar refractivity (Wildman–Crippen MR) is 93.3 cm³/mol. The molecule has 0 saturated heterocycles. The second-order valence-electron chi connectivity index (χ2n) is 5.71. The van der Waals surface area contributed by atoms with Crippen molar-refractivity contribution < 1.29 is 18.0 Å². The second-order valence-corrected chi connectivity index (χ2v) is 5.71. The molecule has 0 aliphatic heterocycles. The van der Waals surface area contributed by atoms with Gasteiger partial charge in [-0.15, -0.1) is 0 Å². The number of carbonyl (C=O) groups is 1. The third kappa shape index (κ3) is 3.33. The summed E-state index contributed by atoms with van der Waals surface area (Å²) in [5, 5.41) is 2.76. The van der Waals surface area contributed by atoms with Crippen LogP contribution in [0.4, 0.5) is 18.9 Å². The Morgan fingerprint density at radius 1 is 1.12 bits per heavy atom. The first-order valence-corrected chi connectivity index (χ1v) is 7.92. The van der Waals surface area contributed by atoms with Crippen LogP contribution in [0.3, 0.4) is 0 Å². The van der Waals surface area contributed by atoms with E-state index in [-0.39, 0.29) is 11.3 Å². The SMILES string of the molecule is CCn1cc(C(=O)Nc2cccc(C(F)(F)F)c2)c(=O)c2ccccc21. The Bertz CT molecular complexity index is 1040.